The van der Waals surface area contributed by atoms with Crippen molar-refractivity contribution in [2.24, 2.45) is 5.92 Å². The van der Waals surface area contributed by atoms with Crippen molar-refractivity contribution in [1.82, 2.24) is 0 Å². The number of rotatable bonds is 3. The molecule has 0 spiro atoms. The molecule has 2 atom stereocenters. The molecule has 1 aliphatic rings. The molecular formula is C13H15F3OS. The number of alkyl halides is 3. The maximum Gasteiger partial charge on any atom is 0.416 e. The molecule has 0 amide bonds. The molecule has 2 unspecified atom stereocenters. The van der Waals surface area contributed by atoms with Crippen molar-refractivity contribution in [2.75, 3.05) is 11.5 Å². The van der Waals surface area contributed by atoms with Crippen LogP contribution in [0.2, 0.25) is 0 Å². The van der Waals surface area contributed by atoms with E-state index in [1.165, 1.54) is 6.07 Å². The minimum Gasteiger partial charge on any atom is -0.392 e. The zero-order valence-corrected chi connectivity index (χ0v) is 10.6. The van der Waals surface area contributed by atoms with Gasteiger partial charge in [0.25, 0.3) is 0 Å². The molecule has 0 aromatic heterocycles. The standard InChI is InChI=1S/C13H15F3OS/c14-13(15,16)11-3-1-2-9(6-11)7-12(17)10-4-5-18-8-10/h1-3,6,10,12,17H,4-5,7-8H2. The van der Waals surface area contributed by atoms with Crippen LogP contribution in [-0.4, -0.2) is 22.7 Å². The predicted molar refractivity (Wildman–Crippen MR) is 66.6 cm³/mol. The van der Waals surface area contributed by atoms with Gasteiger partial charge in [0.1, 0.15) is 0 Å². The molecule has 0 bridgehead atoms. The van der Waals surface area contributed by atoms with Crippen LogP contribution in [0.25, 0.3) is 0 Å². The Morgan fingerprint density at radius 3 is 2.78 bits per heavy atom. The van der Waals surface area contributed by atoms with Crippen LogP contribution in [0.15, 0.2) is 24.3 Å². The van der Waals surface area contributed by atoms with Gasteiger partial charge in [0.05, 0.1) is 11.7 Å². The van der Waals surface area contributed by atoms with Gasteiger partial charge < -0.3 is 5.11 Å². The Kier molecular flexibility index (Phi) is 4.22. The SMILES string of the molecule is OC(Cc1cccc(C(F)(F)F)c1)C1CCSC1. The molecule has 1 N–H and O–H groups in total. The molecule has 1 aromatic rings. The van der Waals surface area contributed by atoms with Crippen molar-refractivity contribution in [3.05, 3.63) is 35.4 Å². The van der Waals surface area contributed by atoms with E-state index in [1.54, 1.807) is 17.8 Å². The average Bonchev–Trinajstić information content (AvgIpc) is 2.81. The first-order valence-corrected chi connectivity index (χ1v) is 7.04. The Balaban J connectivity index is 2.04. The Labute approximate surface area is 108 Å². The molecule has 18 heavy (non-hydrogen) atoms. The summed E-state index contributed by atoms with van der Waals surface area (Å²) in [7, 11) is 0. The van der Waals surface area contributed by atoms with Crippen LogP contribution >= 0.6 is 11.8 Å². The lowest BCUT2D eigenvalue weighted by Gasteiger charge is -2.17. The third-order valence-electron chi connectivity index (χ3n) is 3.21. The van der Waals surface area contributed by atoms with E-state index >= 15 is 0 Å². The Bertz CT molecular complexity index is 399. The molecule has 1 aliphatic heterocycles. The number of hydrogen-bond acceptors (Lipinski definition) is 2. The van der Waals surface area contributed by atoms with Gasteiger partial charge in [0, 0.05) is 0 Å². The normalized spacial score (nSPS) is 22.1. The number of benzene rings is 1. The van der Waals surface area contributed by atoms with E-state index in [0.29, 0.717) is 12.0 Å². The number of aliphatic hydroxyl groups excluding tert-OH is 1. The molecule has 0 saturated carbocycles. The summed E-state index contributed by atoms with van der Waals surface area (Å²) < 4.78 is 37.6. The molecule has 1 nitrogen and oxygen atoms in total. The number of thioether (sulfide) groups is 1. The number of aliphatic hydroxyl groups is 1. The van der Waals surface area contributed by atoms with Crippen molar-refractivity contribution < 1.29 is 18.3 Å². The number of hydrogen-bond donors (Lipinski definition) is 1. The number of halogens is 3. The van der Waals surface area contributed by atoms with Gasteiger partial charge in [-0.1, -0.05) is 18.2 Å². The van der Waals surface area contributed by atoms with Gasteiger partial charge in [-0.2, -0.15) is 24.9 Å². The fourth-order valence-corrected chi connectivity index (χ4v) is 3.47. The lowest BCUT2D eigenvalue weighted by Crippen LogP contribution is -2.22. The van der Waals surface area contributed by atoms with Gasteiger partial charge in [0.15, 0.2) is 0 Å². The lowest BCUT2D eigenvalue weighted by molar-refractivity contribution is -0.137. The van der Waals surface area contributed by atoms with Crippen LogP contribution in [0.5, 0.6) is 0 Å². The zero-order chi connectivity index (χ0) is 13.2. The second-order valence-electron chi connectivity index (χ2n) is 4.59. The van der Waals surface area contributed by atoms with Gasteiger partial charge in [-0.15, -0.1) is 0 Å². The summed E-state index contributed by atoms with van der Waals surface area (Å²) in [6.07, 6.45) is -3.60. The summed E-state index contributed by atoms with van der Waals surface area (Å²) in [5.74, 6) is 2.15. The van der Waals surface area contributed by atoms with Crippen molar-refractivity contribution >= 4 is 11.8 Å². The minimum atomic E-state index is -4.32. The smallest absolute Gasteiger partial charge is 0.392 e. The fourth-order valence-electron chi connectivity index (χ4n) is 2.14. The molecule has 1 heterocycles. The molecule has 2 rings (SSSR count). The van der Waals surface area contributed by atoms with Gasteiger partial charge in [-0.05, 0) is 41.9 Å². The van der Waals surface area contributed by atoms with Crippen LogP contribution in [0.4, 0.5) is 13.2 Å². The fraction of sp³-hybridized carbons (Fsp3) is 0.538. The summed E-state index contributed by atoms with van der Waals surface area (Å²) >= 11 is 1.79. The van der Waals surface area contributed by atoms with Gasteiger partial charge >= 0.3 is 6.18 Å². The van der Waals surface area contributed by atoms with Crippen molar-refractivity contribution in [1.29, 1.82) is 0 Å². The van der Waals surface area contributed by atoms with Crippen LogP contribution in [0.3, 0.4) is 0 Å². The third kappa shape index (κ3) is 3.42. The van der Waals surface area contributed by atoms with E-state index in [-0.39, 0.29) is 5.92 Å². The topological polar surface area (TPSA) is 20.2 Å². The second kappa shape index (κ2) is 5.53. The highest BCUT2D eigenvalue weighted by atomic mass is 32.2. The zero-order valence-electron chi connectivity index (χ0n) is 9.78. The molecule has 5 heteroatoms. The summed E-state index contributed by atoms with van der Waals surface area (Å²) in [4.78, 5) is 0. The van der Waals surface area contributed by atoms with Gasteiger partial charge in [-0.3, -0.25) is 0 Å². The minimum absolute atomic E-state index is 0.213. The average molecular weight is 276 g/mol. The van der Waals surface area contributed by atoms with Crippen molar-refractivity contribution in [2.45, 2.75) is 25.1 Å². The molecule has 1 fully saturated rings. The van der Waals surface area contributed by atoms with E-state index in [4.69, 9.17) is 0 Å². The first-order chi connectivity index (χ1) is 8.47. The van der Waals surface area contributed by atoms with Gasteiger partial charge in [0.2, 0.25) is 0 Å². The van der Waals surface area contributed by atoms with Gasteiger partial charge in [-0.25, -0.2) is 0 Å². The summed E-state index contributed by atoms with van der Waals surface area (Å²) in [5, 5.41) is 10.0. The van der Waals surface area contributed by atoms with E-state index in [0.717, 1.165) is 30.1 Å². The van der Waals surface area contributed by atoms with E-state index in [9.17, 15) is 18.3 Å². The molecule has 100 valence electrons. The predicted octanol–water partition coefficient (Wildman–Crippen LogP) is 3.36. The van der Waals surface area contributed by atoms with Crippen LogP contribution < -0.4 is 0 Å². The van der Waals surface area contributed by atoms with Crippen LogP contribution in [0, 0.1) is 5.92 Å². The second-order valence-corrected chi connectivity index (χ2v) is 5.74. The highest BCUT2D eigenvalue weighted by Crippen LogP contribution is 2.31. The highest BCUT2D eigenvalue weighted by molar-refractivity contribution is 7.99. The van der Waals surface area contributed by atoms with E-state index < -0.39 is 17.8 Å². The van der Waals surface area contributed by atoms with Crippen molar-refractivity contribution in [3.8, 4) is 0 Å². The van der Waals surface area contributed by atoms with Crippen LogP contribution in [-0.2, 0) is 12.6 Å². The maximum absolute atomic E-state index is 12.5. The lowest BCUT2D eigenvalue weighted by atomic mass is 9.95. The quantitative estimate of drug-likeness (QED) is 0.913. The molecule has 0 radical (unpaired) electrons. The maximum atomic E-state index is 12.5. The van der Waals surface area contributed by atoms with Crippen LogP contribution in [0.1, 0.15) is 17.5 Å². The summed E-state index contributed by atoms with van der Waals surface area (Å²) in [6.45, 7) is 0. The largest absolute Gasteiger partial charge is 0.416 e. The molecule has 0 aliphatic carbocycles. The highest BCUT2D eigenvalue weighted by Gasteiger charge is 2.31. The first kappa shape index (κ1) is 13.7. The molecular weight excluding hydrogens is 261 g/mol. The first-order valence-electron chi connectivity index (χ1n) is 5.89. The van der Waals surface area contributed by atoms with E-state index in [2.05, 4.69) is 0 Å². The Morgan fingerprint density at radius 1 is 1.39 bits per heavy atom. The van der Waals surface area contributed by atoms with E-state index in [1.807, 2.05) is 0 Å². The summed E-state index contributed by atoms with van der Waals surface area (Å²) in [6, 6.07) is 5.22. The summed E-state index contributed by atoms with van der Waals surface area (Å²) in [5.41, 5.74) is -0.0952. The molecule has 1 saturated heterocycles. The Hall–Kier alpha value is -0.680. The monoisotopic (exact) mass is 276 g/mol. The van der Waals surface area contributed by atoms with Crippen molar-refractivity contribution in [3.63, 3.8) is 0 Å². The Morgan fingerprint density at radius 2 is 2.17 bits per heavy atom. The third-order valence-corrected chi connectivity index (χ3v) is 4.40. The molecule has 1 aromatic carbocycles.